The van der Waals surface area contributed by atoms with Crippen LogP contribution in [-0.2, 0) is 11.2 Å². The third kappa shape index (κ3) is 4.03. The summed E-state index contributed by atoms with van der Waals surface area (Å²) in [5, 5.41) is 11.8. The first-order valence-corrected chi connectivity index (χ1v) is 6.66. The van der Waals surface area contributed by atoms with Crippen molar-refractivity contribution in [1.29, 1.82) is 0 Å². The summed E-state index contributed by atoms with van der Waals surface area (Å²) in [4.78, 5) is 27.0. The molecule has 2 rings (SSSR count). The van der Waals surface area contributed by atoms with Crippen molar-refractivity contribution >= 4 is 29.2 Å². The van der Waals surface area contributed by atoms with Crippen LogP contribution in [0, 0.1) is 0 Å². The molecule has 1 heterocycles. The van der Waals surface area contributed by atoms with E-state index in [4.69, 9.17) is 16.7 Å². The largest absolute Gasteiger partial charge is 0.478 e. The molecular formula is C15H13ClN2O3. The van der Waals surface area contributed by atoms with E-state index >= 15 is 0 Å². The minimum absolute atomic E-state index is 0.0303. The van der Waals surface area contributed by atoms with Gasteiger partial charge < -0.3 is 10.4 Å². The third-order valence-corrected chi connectivity index (χ3v) is 3.19. The highest BCUT2D eigenvalue weighted by atomic mass is 35.5. The van der Waals surface area contributed by atoms with Gasteiger partial charge in [0.15, 0.2) is 0 Å². The number of aryl methyl sites for hydroxylation is 1. The second-order valence-corrected chi connectivity index (χ2v) is 4.78. The van der Waals surface area contributed by atoms with Crippen molar-refractivity contribution in [2.24, 2.45) is 0 Å². The molecule has 5 nitrogen and oxygen atoms in total. The van der Waals surface area contributed by atoms with Crippen molar-refractivity contribution in [3.05, 3.63) is 58.9 Å². The number of halogens is 1. The Balaban J connectivity index is 2.05. The molecule has 6 heteroatoms. The zero-order chi connectivity index (χ0) is 15.2. The van der Waals surface area contributed by atoms with Gasteiger partial charge in [0.2, 0.25) is 5.91 Å². The second kappa shape index (κ2) is 6.85. The zero-order valence-electron chi connectivity index (χ0n) is 11.0. The minimum atomic E-state index is -1.14. The summed E-state index contributed by atoms with van der Waals surface area (Å²) in [6, 6.07) is 8.12. The molecule has 1 aromatic heterocycles. The third-order valence-electron chi connectivity index (χ3n) is 2.87. The van der Waals surface area contributed by atoms with Gasteiger partial charge in [-0.15, -0.1) is 0 Å². The molecule has 0 aliphatic heterocycles. The Morgan fingerprint density at radius 1 is 1.24 bits per heavy atom. The van der Waals surface area contributed by atoms with Crippen molar-refractivity contribution < 1.29 is 14.7 Å². The summed E-state index contributed by atoms with van der Waals surface area (Å²) in [6.07, 6.45) is 4.08. The number of rotatable bonds is 5. The van der Waals surface area contributed by atoms with Crippen LogP contribution in [0.3, 0.4) is 0 Å². The topological polar surface area (TPSA) is 79.3 Å². The smallest absolute Gasteiger partial charge is 0.337 e. The molecule has 0 aliphatic rings. The van der Waals surface area contributed by atoms with Gasteiger partial charge in [0.25, 0.3) is 0 Å². The van der Waals surface area contributed by atoms with E-state index < -0.39 is 5.97 Å². The lowest BCUT2D eigenvalue weighted by molar-refractivity contribution is -0.116. The van der Waals surface area contributed by atoms with Gasteiger partial charge in [-0.3, -0.25) is 9.78 Å². The van der Waals surface area contributed by atoms with Gasteiger partial charge in [-0.05, 0) is 30.2 Å². The fraction of sp³-hybridized carbons (Fsp3) is 0.133. The Labute approximate surface area is 126 Å². The molecule has 0 saturated heterocycles. The van der Waals surface area contributed by atoms with Gasteiger partial charge in [0.1, 0.15) is 0 Å². The molecule has 0 fully saturated rings. The molecule has 0 saturated carbocycles. The molecule has 21 heavy (non-hydrogen) atoms. The maximum absolute atomic E-state index is 11.9. The predicted molar refractivity (Wildman–Crippen MR) is 79.6 cm³/mol. The summed E-state index contributed by atoms with van der Waals surface area (Å²) < 4.78 is 0. The van der Waals surface area contributed by atoms with Crippen LogP contribution in [-0.4, -0.2) is 22.0 Å². The lowest BCUT2D eigenvalue weighted by Crippen LogP contribution is -2.15. The highest BCUT2D eigenvalue weighted by molar-refractivity contribution is 6.34. The fourth-order valence-electron chi connectivity index (χ4n) is 1.84. The van der Waals surface area contributed by atoms with Gasteiger partial charge in [-0.25, -0.2) is 4.79 Å². The quantitative estimate of drug-likeness (QED) is 0.890. The number of hydrogen-bond donors (Lipinski definition) is 2. The van der Waals surface area contributed by atoms with Gasteiger partial charge in [-0.2, -0.15) is 0 Å². The van der Waals surface area contributed by atoms with Crippen molar-refractivity contribution in [2.45, 2.75) is 12.8 Å². The number of pyridine rings is 1. The van der Waals surface area contributed by atoms with Gasteiger partial charge >= 0.3 is 5.97 Å². The highest BCUT2D eigenvalue weighted by Crippen LogP contribution is 2.26. The minimum Gasteiger partial charge on any atom is -0.478 e. The van der Waals surface area contributed by atoms with E-state index in [1.807, 2.05) is 6.07 Å². The monoisotopic (exact) mass is 304 g/mol. The van der Waals surface area contributed by atoms with Gasteiger partial charge in [0, 0.05) is 18.8 Å². The number of aromatic nitrogens is 1. The molecule has 0 atom stereocenters. The maximum atomic E-state index is 11.9. The molecule has 0 radical (unpaired) electrons. The van der Waals surface area contributed by atoms with Crippen molar-refractivity contribution in [2.75, 3.05) is 5.32 Å². The Hall–Kier alpha value is -2.40. The van der Waals surface area contributed by atoms with E-state index in [1.54, 1.807) is 18.5 Å². The number of nitrogens with one attached hydrogen (secondary N) is 1. The van der Waals surface area contributed by atoms with Crippen LogP contribution >= 0.6 is 11.6 Å². The van der Waals surface area contributed by atoms with E-state index in [1.165, 1.54) is 18.2 Å². The van der Waals surface area contributed by atoms with Crippen LogP contribution in [0.15, 0.2) is 42.7 Å². The predicted octanol–water partition coefficient (Wildman–Crippen LogP) is 3.00. The Kier molecular flexibility index (Phi) is 4.90. The number of nitrogens with zero attached hydrogens (tertiary/aromatic N) is 1. The highest BCUT2D eigenvalue weighted by Gasteiger charge is 2.15. The molecule has 2 N–H and O–H groups in total. The number of carboxylic acids is 1. The van der Waals surface area contributed by atoms with E-state index in [-0.39, 0.29) is 28.6 Å². The van der Waals surface area contributed by atoms with Crippen LogP contribution in [0.2, 0.25) is 5.02 Å². The van der Waals surface area contributed by atoms with Crippen LogP contribution in [0.5, 0.6) is 0 Å². The molecule has 0 spiro atoms. The Morgan fingerprint density at radius 2 is 2.05 bits per heavy atom. The van der Waals surface area contributed by atoms with E-state index in [9.17, 15) is 9.59 Å². The number of carboxylic acid groups (broad SMARTS) is 1. The molecule has 1 aromatic carbocycles. The number of amides is 1. The number of hydrogen-bond acceptors (Lipinski definition) is 3. The summed E-state index contributed by atoms with van der Waals surface area (Å²) >= 11 is 5.95. The molecular weight excluding hydrogens is 292 g/mol. The van der Waals surface area contributed by atoms with Crippen LogP contribution < -0.4 is 5.32 Å². The molecule has 1 amide bonds. The number of aromatic carboxylic acids is 1. The molecule has 108 valence electrons. The van der Waals surface area contributed by atoms with E-state index in [0.29, 0.717) is 6.42 Å². The second-order valence-electron chi connectivity index (χ2n) is 4.38. The Bertz CT molecular complexity index is 659. The molecule has 0 aliphatic carbocycles. The number of carbonyl (C=O) groups is 2. The number of benzene rings is 1. The van der Waals surface area contributed by atoms with E-state index in [2.05, 4.69) is 10.3 Å². The maximum Gasteiger partial charge on any atom is 0.337 e. The van der Waals surface area contributed by atoms with Crippen molar-refractivity contribution in [3.63, 3.8) is 0 Å². The van der Waals surface area contributed by atoms with Crippen molar-refractivity contribution in [3.8, 4) is 0 Å². The fourth-order valence-corrected chi connectivity index (χ4v) is 2.06. The molecule has 0 unspecified atom stereocenters. The number of anilines is 1. The summed E-state index contributed by atoms with van der Waals surface area (Å²) in [5.41, 5.74) is 1.03. The number of para-hydroxylation sites is 1. The van der Waals surface area contributed by atoms with E-state index in [0.717, 1.165) is 5.56 Å². The first kappa shape index (κ1) is 15.0. The van der Waals surface area contributed by atoms with Crippen molar-refractivity contribution in [1.82, 2.24) is 4.98 Å². The Morgan fingerprint density at radius 3 is 2.71 bits per heavy atom. The SMILES string of the molecule is O=C(CCc1cccnc1)Nc1c(Cl)cccc1C(=O)O. The number of carbonyl (C=O) groups excluding carboxylic acids is 1. The standard InChI is InChI=1S/C15H13ClN2O3/c16-12-5-1-4-11(15(20)21)14(12)18-13(19)7-6-10-3-2-8-17-9-10/h1-5,8-9H,6-7H2,(H,18,19)(H,20,21). The first-order chi connectivity index (χ1) is 10.1. The van der Waals surface area contributed by atoms with Crippen LogP contribution in [0.25, 0.3) is 0 Å². The average Bonchev–Trinajstić information content (AvgIpc) is 2.48. The molecule has 2 aromatic rings. The van der Waals surface area contributed by atoms with Gasteiger partial charge in [0.05, 0.1) is 16.3 Å². The van der Waals surface area contributed by atoms with Crippen LogP contribution in [0.1, 0.15) is 22.3 Å². The molecule has 0 bridgehead atoms. The zero-order valence-corrected chi connectivity index (χ0v) is 11.8. The van der Waals surface area contributed by atoms with Crippen LogP contribution in [0.4, 0.5) is 5.69 Å². The lowest BCUT2D eigenvalue weighted by Gasteiger charge is -2.10. The summed E-state index contributed by atoms with van der Waals surface area (Å²) in [6.45, 7) is 0. The normalized spacial score (nSPS) is 10.1. The summed E-state index contributed by atoms with van der Waals surface area (Å²) in [7, 11) is 0. The lowest BCUT2D eigenvalue weighted by atomic mass is 10.1. The van der Waals surface area contributed by atoms with Gasteiger partial charge in [-0.1, -0.05) is 23.7 Å². The first-order valence-electron chi connectivity index (χ1n) is 6.28. The summed E-state index contributed by atoms with van der Waals surface area (Å²) in [5.74, 6) is -1.44. The average molecular weight is 305 g/mol.